The molecule has 6 nitrogen and oxygen atoms in total. The van der Waals surface area contributed by atoms with E-state index in [-0.39, 0.29) is 24.3 Å². The van der Waals surface area contributed by atoms with Gasteiger partial charge in [0, 0.05) is 12.1 Å². The molecule has 1 aliphatic rings. The molecule has 0 saturated carbocycles. The molecular weight excluding hydrogens is 262 g/mol. The molecule has 108 valence electrons. The number of hydrogen-bond donors (Lipinski definition) is 3. The minimum absolute atomic E-state index is 0.0701. The van der Waals surface area contributed by atoms with Crippen molar-refractivity contribution >= 4 is 11.9 Å². The standard InChI is InChI=1S/C14H17NO5/c1-8-2-3-9(6-11(8)16)13(17)15-7-10-4-5-12(20-10)14(18)19/h2-3,6,10,12,16H,4-5,7H2,1H3,(H,15,17)(H,18,19). The second-order valence-electron chi connectivity index (χ2n) is 4.87. The van der Waals surface area contributed by atoms with E-state index in [4.69, 9.17) is 9.84 Å². The smallest absolute Gasteiger partial charge is 0.332 e. The molecule has 1 amide bonds. The van der Waals surface area contributed by atoms with E-state index in [0.29, 0.717) is 24.0 Å². The van der Waals surface area contributed by atoms with Crippen LogP contribution in [0.15, 0.2) is 18.2 Å². The number of carboxylic acids is 1. The highest BCUT2D eigenvalue weighted by Crippen LogP contribution is 2.20. The number of phenolic OH excluding ortho intramolecular Hbond substituents is 1. The minimum Gasteiger partial charge on any atom is -0.508 e. The van der Waals surface area contributed by atoms with Crippen LogP contribution >= 0.6 is 0 Å². The van der Waals surface area contributed by atoms with Crippen LogP contribution in [0.2, 0.25) is 0 Å². The van der Waals surface area contributed by atoms with Crippen LogP contribution in [0, 0.1) is 6.92 Å². The molecule has 1 aromatic rings. The van der Waals surface area contributed by atoms with E-state index in [1.807, 2.05) is 0 Å². The number of amides is 1. The van der Waals surface area contributed by atoms with E-state index in [1.54, 1.807) is 19.1 Å². The number of ether oxygens (including phenoxy) is 1. The zero-order valence-corrected chi connectivity index (χ0v) is 11.1. The summed E-state index contributed by atoms with van der Waals surface area (Å²) in [6.45, 7) is 2.01. The molecule has 0 aliphatic carbocycles. The third kappa shape index (κ3) is 3.27. The Morgan fingerprint density at radius 1 is 1.40 bits per heavy atom. The molecule has 1 aliphatic heterocycles. The van der Waals surface area contributed by atoms with Gasteiger partial charge in [-0.3, -0.25) is 4.79 Å². The number of phenols is 1. The van der Waals surface area contributed by atoms with Gasteiger partial charge in [-0.25, -0.2) is 4.79 Å². The molecule has 1 fully saturated rings. The summed E-state index contributed by atoms with van der Waals surface area (Å²) in [5, 5.41) is 21.0. The second-order valence-corrected chi connectivity index (χ2v) is 4.87. The van der Waals surface area contributed by atoms with Crippen LogP contribution in [0.5, 0.6) is 5.75 Å². The lowest BCUT2D eigenvalue weighted by Gasteiger charge is -2.12. The van der Waals surface area contributed by atoms with Gasteiger partial charge in [-0.1, -0.05) is 6.07 Å². The summed E-state index contributed by atoms with van der Waals surface area (Å²) in [7, 11) is 0. The van der Waals surface area contributed by atoms with Gasteiger partial charge in [0.05, 0.1) is 6.10 Å². The van der Waals surface area contributed by atoms with Crippen LogP contribution in [0.1, 0.15) is 28.8 Å². The van der Waals surface area contributed by atoms with Crippen molar-refractivity contribution < 1.29 is 24.5 Å². The van der Waals surface area contributed by atoms with Crippen LogP contribution in [0.4, 0.5) is 0 Å². The van der Waals surface area contributed by atoms with Gasteiger partial charge in [0.25, 0.3) is 5.91 Å². The van der Waals surface area contributed by atoms with Crippen LogP contribution < -0.4 is 5.32 Å². The van der Waals surface area contributed by atoms with Gasteiger partial charge < -0.3 is 20.3 Å². The summed E-state index contributed by atoms with van der Waals surface area (Å²) >= 11 is 0. The molecule has 2 atom stereocenters. The minimum atomic E-state index is -0.970. The molecule has 20 heavy (non-hydrogen) atoms. The van der Waals surface area contributed by atoms with Crippen molar-refractivity contribution in [2.45, 2.75) is 32.0 Å². The monoisotopic (exact) mass is 279 g/mol. The SMILES string of the molecule is Cc1ccc(C(=O)NCC2CCC(C(=O)O)O2)cc1O. The maximum absolute atomic E-state index is 11.9. The number of aliphatic carboxylic acids is 1. The van der Waals surface area contributed by atoms with Crippen LogP contribution in [-0.4, -0.2) is 40.8 Å². The molecule has 0 bridgehead atoms. The number of carbonyl (C=O) groups excluding carboxylic acids is 1. The predicted molar refractivity (Wildman–Crippen MR) is 70.7 cm³/mol. The van der Waals surface area contributed by atoms with Crippen molar-refractivity contribution in [3.63, 3.8) is 0 Å². The van der Waals surface area contributed by atoms with Crippen LogP contribution in [0.25, 0.3) is 0 Å². The fraction of sp³-hybridized carbons (Fsp3) is 0.429. The first-order chi connectivity index (χ1) is 9.47. The number of nitrogens with one attached hydrogen (secondary N) is 1. The van der Waals surface area contributed by atoms with Crippen molar-refractivity contribution in [2.75, 3.05) is 6.54 Å². The van der Waals surface area contributed by atoms with Crippen molar-refractivity contribution in [2.24, 2.45) is 0 Å². The Bertz CT molecular complexity index is 528. The molecular formula is C14H17NO5. The fourth-order valence-corrected chi connectivity index (χ4v) is 2.10. The molecule has 0 radical (unpaired) electrons. The first-order valence-corrected chi connectivity index (χ1v) is 6.43. The average Bonchev–Trinajstić information content (AvgIpc) is 2.88. The van der Waals surface area contributed by atoms with Gasteiger partial charge in [0.2, 0.25) is 0 Å². The van der Waals surface area contributed by atoms with Crippen molar-refractivity contribution in [3.05, 3.63) is 29.3 Å². The van der Waals surface area contributed by atoms with E-state index in [2.05, 4.69) is 5.32 Å². The molecule has 0 aromatic heterocycles. The normalized spacial score (nSPS) is 21.6. The molecule has 6 heteroatoms. The molecule has 2 unspecified atom stereocenters. The number of carboxylic acid groups (broad SMARTS) is 1. The Morgan fingerprint density at radius 2 is 2.15 bits per heavy atom. The Balaban J connectivity index is 1.86. The number of aromatic hydroxyl groups is 1. The summed E-state index contributed by atoms with van der Waals surface area (Å²) in [6, 6.07) is 4.69. The van der Waals surface area contributed by atoms with E-state index >= 15 is 0 Å². The van der Waals surface area contributed by atoms with Crippen molar-refractivity contribution in [1.29, 1.82) is 0 Å². The number of aryl methyl sites for hydroxylation is 1. The molecule has 1 heterocycles. The second kappa shape index (κ2) is 5.92. The maximum Gasteiger partial charge on any atom is 0.332 e. The van der Waals surface area contributed by atoms with E-state index in [0.717, 1.165) is 0 Å². The lowest BCUT2D eigenvalue weighted by Crippen LogP contribution is -2.33. The van der Waals surface area contributed by atoms with Gasteiger partial charge >= 0.3 is 5.97 Å². The van der Waals surface area contributed by atoms with Gasteiger partial charge in [-0.2, -0.15) is 0 Å². The Labute approximate surface area is 116 Å². The van der Waals surface area contributed by atoms with Crippen molar-refractivity contribution in [1.82, 2.24) is 5.32 Å². The number of rotatable bonds is 4. The maximum atomic E-state index is 11.9. The van der Waals surface area contributed by atoms with Gasteiger partial charge in [-0.05, 0) is 37.5 Å². The highest BCUT2D eigenvalue weighted by atomic mass is 16.5. The van der Waals surface area contributed by atoms with Crippen molar-refractivity contribution in [3.8, 4) is 5.75 Å². The molecule has 1 aromatic carbocycles. The van der Waals surface area contributed by atoms with E-state index in [1.165, 1.54) is 6.07 Å². The first-order valence-electron chi connectivity index (χ1n) is 6.43. The average molecular weight is 279 g/mol. The lowest BCUT2D eigenvalue weighted by molar-refractivity contribution is -0.149. The third-order valence-electron chi connectivity index (χ3n) is 3.34. The molecule has 1 saturated heterocycles. The van der Waals surface area contributed by atoms with Crippen LogP contribution in [0.3, 0.4) is 0 Å². The zero-order chi connectivity index (χ0) is 14.7. The van der Waals surface area contributed by atoms with Gasteiger partial charge in [-0.15, -0.1) is 0 Å². The Morgan fingerprint density at radius 3 is 2.75 bits per heavy atom. The van der Waals surface area contributed by atoms with E-state index in [9.17, 15) is 14.7 Å². The number of hydrogen-bond acceptors (Lipinski definition) is 4. The Kier molecular flexibility index (Phi) is 4.24. The summed E-state index contributed by atoms with van der Waals surface area (Å²) in [5.74, 6) is -1.22. The van der Waals surface area contributed by atoms with Gasteiger partial charge in [0.15, 0.2) is 6.10 Å². The highest BCUT2D eigenvalue weighted by molar-refractivity contribution is 5.94. The predicted octanol–water partition coefficient (Wildman–Crippen LogP) is 1.06. The highest BCUT2D eigenvalue weighted by Gasteiger charge is 2.30. The Hall–Kier alpha value is -2.08. The lowest BCUT2D eigenvalue weighted by atomic mass is 10.1. The fourth-order valence-electron chi connectivity index (χ4n) is 2.10. The van der Waals surface area contributed by atoms with Crippen LogP contribution in [-0.2, 0) is 9.53 Å². The number of carbonyl (C=O) groups is 2. The summed E-state index contributed by atoms with van der Waals surface area (Å²) in [4.78, 5) is 22.6. The number of benzene rings is 1. The van der Waals surface area contributed by atoms with Gasteiger partial charge in [0.1, 0.15) is 5.75 Å². The zero-order valence-electron chi connectivity index (χ0n) is 11.1. The molecule has 3 N–H and O–H groups in total. The molecule has 0 spiro atoms. The summed E-state index contributed by atoms with van der Waals surface area (Å²) in [6.07, 6.45) is 0.0110. The molecule has 2 rings (SSSR count). The summed E-state index contributed by atoms with van der Waals surface area (Å²) < 4.78 is 5.29. The first kappa shape index (κ1) is 14.3. The quantitative estimate of drug-likeness (QED) is 0.766. The summed E-state index contributed by atoms with van der Waals surface area (Å²) in [5.41, 5.74) is 1.06. The third-order valence-corrected chi connectivity index (χ3v) is 3.34. The van der Waals surface area contributed by atoms with E-state index < -0.39 is 12.1 Å². The topological polar surface area (TPSA) is 95.9 Å². The largest absolute Gasteiger partial charge is 0.508 e.